The number of para-hydroxylation sites is 1. The Labute approximate surface area is 132 Å². The van der Waals surface area contributed by atoms with Crippen LogP contribution in [-0.2, 0) is 11.2 Å². The average Bonchev–Trinajstić information content (AvgIpc) is 2.55. The zero-order chi connectivity index (χ0) is 16.2. The van der Waals surface area contributed by atoms with Crippen molar-refractivity contribution in [1.29, 1.82) is 0 Å². The molecule has 0 atom stereocenters. The molecule has 1 heterocycles. The zero-order valence-electron chi connectivity index (χ0n) is 12.5. The van der Waals surface area contributed by atoms with Crippen molar-refractivity contribution in [3.05, 3.63) is 66.1 Å². The highest BCUT2D eigenvalue weighted by atomic mass is 19.1. The van der Waals surface area contributed by atoms with Crippen LogP contribution in [0.1, 0.15) is 5.56 Å². The molecule has 0 fully saturated rings. The van der Waals surface area contributed by atoms with Crippen molar-refractivity contribution in [2.24, 2.45) is 0 Å². The van der Waals surface area contributed by atoms with Gasteiger partial charge < -0.3 is 10.1 Å². The molecule has 3 aromatic rings. The van der Waals surface area contributed by atoms with Gasteiger partial charge in [-0.15, -0.1) is 0 Å². The summed E-state index contributed by atoms with van der Waals surface area (Å²) in [5.74, 6) is -0.551. The lowest BCUT2D eigenvalue weighted by atomic mass is 10.1. The quantitative estimate of drug-likeness (QED) is 0.801. The number of nitrogens with one attached hydrogen (secondary N) is 1. The first-order valence-corrected chi connectivity index (χ1v) is 7.13. The van der Waals surface area contributed by atoms with Gasteiger partial charge in [-0.3, -0.25) is 9.78 Å². The second-order valence-electron chi connectivity index (χ2n) is 5.07. The maximum atomic E-state index is 13.7. The number of amides is 1. The van der Waals surface area contributed by atoms with Crippen molar-refractivity contribution in [3.8, 4) is 5.75 Å². The number of carbonyl (C=O) groups is 1. The number of carbonyl (C=O) groups excluding carboxylic acids is 1. The summed E-state index contributed by atoms with van der Waals surface area (Å²) in [6.07, 6.45) is 1.75. The highest BCUT2D eigenvalue weighted by molar-refractivity contribution is 6.00. The molecule has 0 bridgehead atoms. The summed E-state index contributed by atoms with van der Waals surface area (Å²) < 4.78 is 18.5. The maximum absolute atomic E-state index is 13.7. The van der Waals surface area contributed by atoms with Crippen LogP contribution in [0.3, 0.4) is 0 Å². The highest BCUT2D eigenvalue weighted by Gasteiger charge is 2.10. The minimum absolute atomic E-state index is 0.0735. The summed E-state index contributed by atoms with van der Waals surface area (Å²) >= 11 is 0. The third kappa shape index (κ3) is 3.29. The van der Waals surface area contributed by atoms with Crippen molar-refractivity contribution in [2.75, 3.05) is 12.4 Å². The molecule has 3 rings (SSSR count). The van der Waals surface area contributed by atoms with Crippen LogP contribution in [0.15, 0.2) is 54.7 Å². The van der Waals surface area contributed by atoms with Gasteiger partial charge in [-0.25, -0.2) is 4.39 Å². The van der Waals surface area contributed by atoms with Gasteiger partial charge in [0.25, 0.3) is 0 Å². The van der Waals surface area contributed by atoms with Crippen molar-refractivity contribution in [3.63, 3.8) is 0 Å². The molecule has 4 nitrogen and oxygen atoms in total. The first-order valence-electron chi connectivity index (χ1n) is 7.13. The molecule has 1 N–H and O–H groups in total. The van der Waals surface area contributed by atoms with Gasteiger partial charge in [0.15, 0.2) is 11.6 Å². The number of ether oxygens (including phenoxy) is 1. The van der Waals surface area contributed by atoms with E-state index in [0.29, 0.717) is 11.3 Å². The van der Waals surface area contributed by atoms with Crippen LogP contribution in [0.5, 0.6) is 5.75 Å². The van der Waals surface area contributed by atoms with Crippen LogP contribution in [0.4, 0.5) is 10.1 Å². The molecular weight excluding hydrogens is 295 g/mol. The Hall–Kier alpha value is -2.95. The summed E-state index contributed by atoms with van der Waals surface area (Å²) in [5, 5.41) is 3.77. The van der Waals surface area contributed by atoms with Crippen LogP contribution in [0, 0.1) is 5.82 Å². The normalized spacial score (nSPS) is 10.5. The smallest absolute Gasteiger partial charge is 0.228 e. The monoisotopic (exact) mass is 310 g/mol. The van der Waals surface area contributed by atoms with E-state index in [1.807, 2.05) is 24.3 Å². The lowest BCUT2D eigenvalue weighted by Gasteiger charge is -2.09. The number of benzene rings is 2. The summed E-state index contributed by atoms with van der Waals surface area (Å²) in [6.45, 7) is 0. The minimum atomic E-state index is -0.482. The van der Waals surface area contributed by atoms with Crippen molar-refractivity contribution < 1.29 is 13.9 Å². The fourth-order valence-electron chi connectivity index (χ4n) is 2.40. The molecule has 1 aromatic heterocycles. The number of halogens is 1. The Morgan fingerprint density at radius 2 is 2.04 bits per heavy atom. The number of hydrogen-bond acceptors (Lipinski definition) is 3. The predicted molar refractivity (Wildman–Crippen MR) is 87.0 cm³/mol. The van der Waals surface area contributed by atoms with Gasteiger partial charge in [0.05, 0.1) is 24.7 Å². The number of hydrogen-bond donors (Lipinski definition) is 1. The van der Waals surface area contributed by atoms with E-state index >= 15 is 0 Å². The van der Waals surface area contributed by atoms with Gasteiger partial charge in [0.2, 0.25) is 5.91 Å². The number of aromatic nitrogens is 1. The van der Waals surface area contributed by atoms with E-state index in [0.717, 1.165) is 10.9 Å². The molecule has 0 saturated carbocycles. The second kappa shape index (κ2) is 6.44. The minimum Gasteiger partial charge on any atom is -0.494 e. The molecule has 116 valence electrons. The SMILES string of the molecule is COc1ccc(CC(=O)Nc2cccc3cccnc23)cc1F. The van der Waals surface area contributed by atoms with Crippen LogP contribution >= 0.6 is 0 Å². The molecule has 0 aliphatic heterocycles. The fourth-order valence-corrected chi connectivity index (χ4v) is 2.40. The predicted octanol–water partition coefficient (Wildman–Crippen LogP) is 3.56. The van der Waals surface area contributed by atoms with E-state index in [2.05, 4.69) is 10.3 Å². The van der Waals surface area contributed by atoms with Gasteiger partial charge >= 0.3 is 0 Å². The first-order chi connectivity index (χ1) is 11.2. The van der Waals surface area contributed by atoms with Crippen molar-refractivity contribution >= 4 is 22.5 Å². The topological polar surface area (TPSA) is 51.2 Å². The van der Waals surface area contributed by atoms with Crippen LogP contribution < -0.4 is 10.1 Å². The van der Waals surface area contributed by atoms with E-state index < -0.39 is 5.82 Å². The summed E-state index contributed by atoms with van der Waals surface area (Å²) in [7, 11) is 1.40. The first kappa shape index (κ1) is 15.0. The van der Waals surface area contributed by atoms with Gasteiger partial charge in [0.1, 0.15) is 0 Å². The Kier molecular flexibility index (Phi) is 4.19. The number of rotatable bonds is 4. The number of fused-ring (bicyclic) bond motifs is 1. The molecule has 0 aliphatic carbocycles. The molecule has 5 heteroatoms. The lowest BCUT2D eigenvalue weighted by Crippen LogP contribution is -2.15. The Bertz CT molecular complexity index is 859. The largest absolute Gasteiger partial charge is 0.494 e. The Morgan fingerprint density at radius 3 is 2.83 bits per heavy atom. The van der Waals surface area contributed by atoms with Crippen LogP contribution in [0.25, 0.3) is 10.9 Å². The van der Waals surface area contributed by atoms with Gasteiger partial charge in [-0.05, 0) is 29.8 Å². The van der Waals surface area contributed by atoms with Crippen molar-refractivity contribution in [1.82, 2.24) is 4.98 Å². The van der Waals surface area contributed by atoms with Gasteiger partial charge in [-0.2, -0.15) is 0 Å². The number of anilines is 1. The van der Waals surface area contributed by atoms with E-state index in [-0.39, 0.29) is 18.1 Å². The van der Waals surface area contributed by atoms with E-state index in [4.69, 9.17) is 4.74 Å². The Balaban J connectivity index is 1.77. The summed E-state index contributed by atoms with van der Waals surface area (Å²) in [6, 6.07) is 13.8. The Morgan fingerprint density at radius 1 is 1.22 bits per heavy atom. The molecule has 23 heavy (non-hydrogen) atoms. The zero-order valence-corrected chi connectivity index (χ0v) is 12.5. The van der Waals surface area contributed by atoms with Crippen LogP contribution in [-0.4, -0.2) is 18.0 Å². The molecule has 2 aromatic carbocycles. The van der Waals surface area contributed by atoms with E-state index in [9.17, 15) is 9.18 Å². The second-order valence-corrected chi connectivity index (χ2v) is 5.07. The van der Waals surface area contributed by atoms with Gasteiger partial charge in [0, 0.05) is 11.6 Å². The molecule has 0 saturated heterocycles. The molecular formula is C18H15FN2O2. The molecule has 0 aliphatic rings. The fraction of sp³-hybridized carbons (Fsp3) is 0.111. The van der Waals surface area contributed by atoms with Crippen LogP contribution in [0.2, 0.25) is 0 Å². The third-order valence-electron chi connectivity index (χ3n) is 3.49. The molecule has 0 spiro atoms. The highest BCUT2D eigenvalue weighted by Crippen LogP contribution is 2.21. The standard InChI is InChI=1S/C18H15FN2O2/c1-23-16-8-7-12(10-14(16)19)11-17(22)21-15-6-2-4-13-5-3-9-20-18(13)15/h2-10H,11H2,1H3,(H,21,22). The van der Waals surface area contributed by atoms with Crippen molar-refractivity contribution in [2.45, 2.75) is 6.42 Å². The third-order valence-corrected chi connectivity index (χ3v) is 3.49. The summed E-state index contributed by atoms with van der Waals surface area (Å²) in [5.41, 5.74) is 1.94. The lowest BCUT2D eigenvalue weighted by molar-refractivity contribution is -0.115. The number of methoxy groups -OCH3 is 1. The number of nitrogens with zero attached hydrogens (tertiary/aromatic N) is 1. The molecule has 1 amide bonds. The van der Waals surface area contributed by atoms with E-state index in [1.165, 1.54) is 19.2 Å². The van der Waals surface area contributed by atoms with Gasteiger partial charge in [-0.1, -0.05) is 24.3 Å². The average molecular weight is 310 g/mol. The van der Waals surface area contributed by atoms with E-state index in [1.54, 1.807) is 18.3 Å². The summed E-state index contributed by atoms with van der Waals surface area (Å²) in [4.78, 5) is 16.5. The molecule has 0 radical (unpaired) electrons. The maximum Gasteiger partial charge on any atom is 0.228 e. The molecule has 0 unspecified atom stereocenters. The number of pyridine rings is 1.